The first-order valence-electron chi connectivity index (χ1n) is 6.03. The van der Waals surface area contributed by atoms with Crippen LogP contribution in [0.5, 0.6) is 0 Å². The molecular formula is C13H19N3O. The van der Waals surface area contributed by atoms with Gasteiger partial charge >= 0.3 is 6.03 Å². The second-order valence-electron chi connectivity index (χ2n) is 4.50. The summed E-state index contributed by atoms with van der Waals surface area (Å²) in [5.74, 6) is 0. The van der Waals surface area contributed by atoms with E-state index in [1.54, 1.807) is 0 Å². The molecule has 0 bridgehead atoms. The smallest absolute Gasteiger partial charge is 0.318 e. The van der Waals surface area contributed by atoms with Gasteiger partial charge in [0.2, 0.25) is 0 Å². The maximum atomic E-state index is 11.7. The molecule has 1 heterocycles. The molecule has 0 aromatic heterocycles. The van der Waals surface area contributed by atoms with Gasteiger partial charge in [0.15, 0.2) is 0 Å². The number of nitrogens with two attached hydrogens (primary N) is 1. The number of hydrogen-bond donors (Lipinski definition) is 2. The first kappa shape index (κ1) is 11.9. The van der Waals surface area contributed by atoms with E-state index in [2.05, 4.69) is 36.5 Å². The fraction of sp³-hybridized carbons (Fsp3) is 0.462. The molecule has 1 aliphatic rings. The van der Waals surface area contributed by atoms with Crippen molar-refractivity contribution >= 4 is 6.03 Å². The van der Waals surface area contributed by atoms with E-state index in [9.17, 15) is 4.79 Å². The molecule has 1 atom stereocenters. The number of urea groups is 1. The fourth-order valence-electron chi connectivity index (χ4n) is 2.05. The summed E-state index contributed by atoms with van der Waals surface area (Å²) in [4.78, 5) is 13.5. The van der Waals surface area contributed by atoms with Gasteiger partial charge in [0.05, 0.1) is 6.04 Å². The molecule has 0 saturated carbocycles. The third-order valence-electron chi connectivity index (χ3n) is 3.10. The van der Waals surface area contributed by atoms with E-state index in [1.165, 1.54) is 11.1 Å². The number of carbonyl (C=O) groups is 1. The predicted molar refractivity (Wildman–Crippen MR) is 67.7 cm³/mol. The third-order valence-corrected chi connectivity index (χ3v) is 3.10. The number of amides is 2. The normalized spacial score (nSPS) is 19.5. The van der Waals surface area contributed by atoms with Gasteiger partial charge in [-0.15, -0.1) is 0 Å². The summed E-state index contributed by atoms with van der Waals surface area (Å²) < 4.78 is 0. The molecule has 0 spiro atoms. The molecule has 1 aromatic rings. The minimum Gasteiger partial charge on any atom is -0.330 e. The molecule has 0 radical (unpaired) electrons. The SMILES string of the molecule is Cc1ccc(C2CN(CCCN)C(=O)N2)cc1. The zero-order chi connectivity index (χ0) is 12.3. The third kappa shape index (κ3) is 2.77. The minimum absolute atomic E-state index is 0.0176. The average molecular weight is 233 g/mol. The van der Waals surface area contributed by atoms with Crippen molar-refractivity contribution in [2.45, 2.75) is 19.4 Å². The van der Waals surface area contributed by atoms with Crippen LogP contribution in [0.3, 0.4) is 0 Å². The Bertz CT molecular complexity index is 388. The van der Waals surface area contributed by atoms with Crippen LogP contribution in [0, 0.1) is 6.92 Å². The van der Waals surface area contributed by atoms with Crippen LogP contribution < -0.4 is 11.1 Å². The van der Waals surface area contributed by atoms with Gasteiger partial charge < -0.3 is 16.0 Å². The highest BCUT2D eigenvalue weighted by Crippen LogP contribution is 2.20. The number of nitrogens with one attached hydrogen (secondary N) is 1. The zero-order valence-electron chi connectivity index (χ0n) is 10.1. The van der Waals surface area contributed by atoms with E-state index in [0.717, 1.165) is 19.5 Å². The summed E-state index contributed by atoms with van der Waals surface area (Å²) >= 11 is 0. The molecule has 92 valence electrons. The van der Waals surface area contributed by atoms with Crippen LogP contribution in [0.15, 0.2) is 24.3 Å². The Balaban J connectivity index is 2.00. The molecule has 2 rings (SSSR count). The maximum Gasteiger partial charge on any atom is 0.318 e. The highest BCUT2D eigenvalue weighted by Gasteiger charge is 2.28. The Hall–Kier alpha value is -1.55. The van der Waals surface area contributed by atoms with Gasteiger partial charge in [0.1, 0.15) is 0 Å². The Morgan fingerprint density at radius 1 is 1.41 bits per heavy atom. The summed E-state index contributed by atoms with van der Waals surface area (Å²) in [5.41, 5.74) is 7.86. The van der Waals surface area contributed by atoms with Gasteiger partial charge in [0, 0.05) is 13.1 Å². The number of nitrogens with zero attached hydrogens (tertiary/aromatic N) is 1. The van der Waals surface area contributed by atoms with Crippen molar-refractivity contribution in [3.05, 3.63) is 35.4 Å². The Kier molecular flexibility index (Phi) is 3.64. The summed E-state index contributed by atoms with van der Waals surface area (Å²) in [5, 5.41) is 2.99. The minimum atomic E-state index is 0.0176. The second kappa shape index (κ2) is 5.19. The molecule has 4 nitrogen and oxygen atoms in total. The molecular weight excluding hydrogens is 214 g/mol. The van der Waals surface area contributed by atoms with Crippen molar-refractivity contribution < 1.29 is 4.79 Å². The number of rotatable bonds is 4. The first-order valence-corrected chi connectivity index (χ1v) is 6.03. The molecule has 4 heteroatoms. The van der Waals surface area contributed by atoms with Crippen molar-refractivity contribution in [2.24, 2.45) is 5.73 Å². The Morgan fingerprint density at radius 2 is 2.12 bits per heavy atom. The number of aryl methyl sites for hydroxylation is 1. The van der Waals surface area contributed by atoms with E-state index >= 15 is 0 Å². The molecule has 1 aromatic carbocycles. The molecule has 2 amide bonds. The Morgan fingerprint density at radius 3 is 2.76 bits per heavy atom. The number of carbonyl (C=O) groups excluding carboxylic acids is 1. The lowest BCUT2D eigenvalue weighted by Crippen LogP contribution is -2.30. The highest BCUT2D eigenvalue weighted by molar-refractivity contribution is 5.77. The van der Waals surface area contributed by atoms with Gasteiger partial charge in [-0.3, -0.25) is 0 Å². The molecule has 17 heavy (non-hydrogen) atoms. The molecule has 1 unspecified atom stereocenters. The van der Waals surface area contributed by atoms with E-state index in [-0.39, 0.29) is 12.1 Å². The van der Waals surface area contributed by atoms with E-state index in [4.69, 9.17) is 5.73 Å². The highest BCUT2D eigenvalue weighted by atomic mass is 16.2. The van der Waals surface area contributed by atoms with Crippen molar-refractivity contribution in [1.29, 1.82) is 0 Å². The van der Waals surface area contributed by atoms with Crippen LogP contribution in [0.4, 0.5) is 4.79 Å². The molecule has 0 aliphatic carbocycles. The van der Waals surface area contributed by atoms with Gasteiger partial charge in [-0.25, -0.2) is 4.79 Å². The largest absolute Gasteiger partial charge is 0.330 e. The van der Waals surface area contributed by atoms with Crippen LogP contribution in [0.2, 0.25) is 0 Å². The first-order chi connectivity index (χ1) is 8.20. The van der Waals surface area contributed by atoms with Crippen LogP contribution in [-0.2, 0) is 0 Å². The van der Waals surface area contributed by atoms with Crippen molar-refractivity contribution in [3.63, 3.8) is 0 Å². The van der Waals surface area contributed by atoms with Crippen molar-refractivity contribution in [1.82, 2.24) is 10.2 Å². The number of benzene rings is 1. The van der Waals surface area contributed by atoms with Gasteiger partial charge in [-0.05, 0) is 25.5 Å². The van der Waals surface area contributed by atoms with Gasteiger partial charge in [-0.2, -0.15) is 0 Å². The van der Waals surface area contributed by atoms with Crippen molar-refractivity contribution in [3.8, 4) is 0 Å². The molecule has 1 fully saturated rings. The summed E-state index contributed by atoms with van der Waals surface area (Å²) in [7, 11) is 0. The summed E-state index contributed by atoms with van der Waals surface area (Å²) in [6.07, 6.45) is 0.855. The lowest BCUT2D eigenvalue weighted by atomic mass is 10.1. The lowest BCUT2D eigenvalue weighted by molar-refractivity contribution is 0.217. The van der Waals surface area contributed by atoms with E-state index in [1.807, 2.05) is 4.90 Å². The monoisotopic (exact) mass is 233 g/mol. The van der Waals surface area contributed by atoms with E-state index in [0.29, 0.717) is 6.54 Å². The average Bonchev–Trinajstić information content (AvgIpc) is 2.69. The van der Waals surface area contributed by atoms with Gasteiger partial charge in [-0.1, -0.05) is 29.8 Å². The fourth-order valence-corrected chi connectivity index (χ4v) is 2.05. The summed E-state index contributed by atoms with van der Waals surface area (Å²) in [6.45, 7) is 4.16. The van der Waals surface area contributed by atoms with Crippen LogP contribution in [0.25, 0.3) is 0 Å². The number of hydrogen-bond acceptors (Lipinski definition) is 2. The van der Waals surface area contributed by atoms with E-state index < -0.39 is 0 Å². The lowest BCUT2D eigenvalue weighted by Gasteiger charge is -2.13. The van der Waals surface area contributed by atoms with Crippen molar-refractivity contribution in [2.75, 3.05) is 19.6 Å². The predicted octanol–water partition coefficient (Wildman–Crippen LogP) is 1.41. The van der Waals surface area contributed by atoms with Crippen LogP contribution in [0.1, 0.15) is 23.6 Å². The topological polar surface area (TPSA) is 58.4 Å². The summed E-state index contributed by atoms with van der Waals surface area (Å²) in [6, 6.07) is 8.43. The maximum absolute atomic E-state index is 11.7. The van der Waals surface area contributed by atoms with Crippen LogP contribution in [-0.4, -0.2) is 30.6 Å². The molecule has 1 aliphatic heterocycles. The zero-order valence-corrected chi connectivity index (χ0v) is 10.1. The van der Waals surface area contributed by atoms with Crippen LogP contribution >= 0.6 is 0 Å². The quantitative estimate of drug-likeness (QED) is 0.826. The second-order valence-corrected chi connectivity index (χ2v) is 4.50. The Labute approximate surface area is 102 Å². The molecule has 1 saturated heterocycles. The molecule has 3 N–H and O–H groups in total. The van der Waals surface area contributed by atoms with Gasteiger partial charge in [0.25, 0.3) is 0 Å². The standard InChI is InChI=1S/C13H19N3O/c1-10-3-5-11(6-4-10)12-9-16(8-2-7-14)13(17)15-12/h3-6,12H,2,7-9,14H2,1H3,(H,15,17).